The monoisotopic (exact) mass is 276 g/mol. The summed E-state index contributed by atoms with van der Waals surface area (Å²) < 4.78 is 13.6. The molecule has 0 aliphatic heterocycles. The molecule has 0 atom stereocenters. The van der Waals surface area contributed by atoms with Gasteiger partial charge in [-0.1, -0.05) is 23.7 Å². The van der Waals surface area contributed by atoms with Gasteiger partial charge in [0.25, 0.3) is 0 Å². The van der Waals surface area contributed by atoms with Crippen LogP contribution < -0.4 is 4.90 Å². The van der Waals surface area contributed by atoms with E-state index in [0.717, 1.165) is 11.4 Å². The molecule has 0 spiro atoms. The van der Waals surface area contributed by atoms with Crippen LogP contribution in [-0.4, -0.2) is 19.1 Å². The lowest BCUT2D eigenvalue weighted by Gasteiger charge is -2.10. The Morgan fingerprint density at radius 3 is 2.53 bits per heavy atom. The van der Waals surface area contributed by atoms with Gasteiger partial charge in [0.1, 0.15) is 11.6 Å². The minimum absolute atomic E-state index is 0.332. The van der Waals surface area contributed by atoms with Crippen LogP contribution >= 0.6 is 11.6 Å². The van der Waals surface area contributed by atoms with Crippen LogP contribution in [0.5, 0.6) is 0 Å². The van der Waals surface area contributed by atoms with Crippen LogP contribution in [0.15, 0.2) is 36.5 Å². The number of aromatic nitrogens is 1. The van der Waals surface area contributed by atoms with Crippen LogP contribution in [0, 0.1) is 5.82 Å². The van der Waals surface area contributed by atoms with Crippen LogP contribution in [-0.2, 0) is 0 Å². The molecule has 98 valence electrons. The van der Waals surface area contributed by atoms with Gasteiger partial charge in [-0.05, 0) is 35.9 Å². The van der Waals surface area contributed by atoms with E-state index in [1.54, 1.807) is 30.5 Å². The summed E-state index contributed by atoms with van der Waals surface area (Å²) in [6.45, 7) is 0. The summed E-state index contributed by atoms with van der Waals surface area (Å²) in [5.74, 6) is 0.544. The fraction of sp³-hybridized carbons (Fsp3) is 0.133. The third-order valence-electron chi connectivity index (χ3n) is 2.67. The maximum absolute atomic E-state index is 13.6. The van der Waals surface area contributed by atoms with Gasteiger partial charge >= 0.3 is 0 Å². The molecule has 0 saturated carbocycles. The van der Waals surface area contributed by atoms with E-state index in [1.807, 2.05) is 31.1 Å². The summed E-state index contributed by atoms with van der Waals surface area (Å²) in [4.78, 5) is 6.20. The molecule has 4 heteroatoms. The molecule has 1 aromatic heterocycles. The van der Waals surface area contributed by atoms with Crippen molar-refractivity contribution in [1.29, 1.82) is 0 Å². The van der Waals surface area contributed by atoms with E-state index in [1.165, 1.54) is 6.07 Å². The molecule has 0 bridgehead atoms. The molecular weight excluding hydrogens is 263 g/mol. The number of benzene rings is 1. The summed E-state index contributed by atoms with van der Waals surface area (Å²) in [7, 11) is 3.86. The predicted octanol–water partition coefficient (Wildman–Crippen LogP) is 4.11. The van der Waals surface area contributed by atoms with Gasteiger partial charge in [-0.15, -0.1) is 0 Å². The zero-order valence-electron chi connectivity index (χ0n) is 10.8. The molecule has 2 rings (SSSR count). The highest BCUT2D eigenvalue weighted by molar-refractivity contribution is 6.32. The number of anilines is 1. The smallest absolute Gasteiger partial charge is 0.131 e. The van der Waals surface area contributed by atoms with Gasteiger partial charge in [0.2, 0.25) is 0 Å². The van der Waals surface area contributed by atoms with E-state index in [-0.39, 0.29) is 5.82 Å². The molecule has 0 fully saturated rings. The van der Waals surface area contributed by atoms with E-state index in [9.17, 15) is 4.39 Å². The van der Waals surface area contributed by atoms with Crippen LogP contribution in [0.3, 0.4) is 0 Å². The van der Waals surface area contributed by atoms with Crippen molar-refractivity contribution in [3.05, 3.63) is 58.5 Å². The van der Waals surface area contributed by atoms with Crippen LogP contribution in [0.4, 0.5) is 10.2 Å². The maximum Gasteiger partial charge on any atom is 0.131 e. The fourth-order valence-corrected chi connectivity index (χ4v) is 1.84. The van der Waals surface area contributed by atoms with E-state index >= 15 is 0 Å². The topological polar surface area (TPSA) is 16.1 Å². The summed E-state index contributed by atoms with van der Waals surface area (Å²) in [5.41, 5.74) is 1.28. The van der Waals surface area contributed by atoms with Crippen molar-refractivity contribution in [2.75, 3.05) is 19.0 Å². The Morgan fingerprint density at radius 1 is 1.16 bits per heavy atom. The number of rotatable bonds is 3. The zero-order chi connectivity index (χ0) is 13.8. The van der Waals surface area contributed by atoms with Crippen molar-refractivity contribution < 1.29 is 4.39 Å². The third-order valence-corrected chi connectivity index (χ3v) is 3.00. The summed E-state index contributed by atoms with van der Waals surface area (Å²) in [5, 5.41) is 0.397. The highest BCUT2D eigenvalue weighted by Crippen LogP contribution is 2.21. The Balaban J connectivity index is 2.23. The van der Waals surface area contributed by atoms with Crippen molar-refractivity contribution in [3.63, 3.8) is 0 Å². The highest BCUT2D eigenvalue weighted by Gasteiger charge is 2.02. The van der Waals surface area contributed by atoms with Crippen molar-refractivity contribution >= 4 is 29.6 Å². The predicted molar refractivity (Wildman–Crippen MR) is 78.9 cm³/mol. The lowest BCUT2D eigenvalue weighted by atomic mass is 10.1. The number of hydrogen-bond acceptors (Lipinski definition) is 2. The molecule has 0 aliphatic carbocycles. The van der Waals surface area contributed by atoms with Crippen LogP contribution in [0.1, 0.15) is 11.1 Å². The van der Waals surface area contributed by atoms with Crippen molar-refractivity contribution in [3.8, 4) is 0 Å². The van der Waals surface area contributed by atoms with Gasteiger partial charge in [0.05, 0.1) is 5.02 Å². The first kappa shape index (κ1) is 13.6. The van der Waals surface area contributed by atoms with Gasteiger partial charge in [-0.25, -0.2) is 9.37 Å². The molecule has 2 aromatic rings. The number of nitrogens with zero attached hydrogens (tertiary/aromatic N) is 2. The molecule has 0 radical (unpaired) electrons. The molecule has 1 aromatic carbocycles. The van der Waals surface area contributed by atoms with Gasteiger partial charge in [0, 0.05) is 25.9 Å². The molecule has 2 nitrogen and oxygen atoms in total. The second-order valence-corrected chi connectivity index (χ2v) is 4.72. The van der Waals surface area contributed by atoms with E-state index < -0.39 is 0 Å². The zero-order valence-corrected chi connectivity index (χ0v) is 11.5. The standard InChI is InChI=1S/C15H14ClFN2/c1-19(2)15-9-7-11(10-18-15)6-8-12-13(16)4-3-5-14(12)17/h3-10H,1-2H3/b8-6+. The summed E-state index contributed by atoms with van der Waals surface area (Å²) in [6, 6.07) is 8.47. The van der Waals surface area contributed by atoms with Gasteiger partial charge in [-0.3, -0.25) is 0 Å². The number of halogens is 2. The van der Waals surface area contributed by atoms with Gasteiger partial charge in [-0.2, -0.15) is 0 Å². The minimum atomic E-state index is -0.332. The van der Waals surface area contributed by atoms with Crippen molar-refractivity contribution in [2.24, 2.45) is 0 Å². The van der Waals surface area contributed by atoms with E-state index in [4.69, 9.17) is 11.6 Å². The molecule has 0 N–H and O–H groups in total. The Hall–Kier alpha value is -1.87. The molecule has 19 heavy (non-hydrogen) atoms. The first-order valence-electron chi connectivity index (χ1n) is 5.83. The second-order valence-electron chi connectivity index (χ2n) is 4.31. The quantitative estimate of drug-likeness (QED) is 0.839. The normalized spacial score (nSPS) is 10.9. The van der Waals surface area contributed by atoms with Crippen LogP contribution in [0.25, 0.3) is 12.2 Å². The van der Waals surface area contributed by atoms with Gasteiger partial charge in [0.15, 0.2) is 0 Å². The summed E-state index contributed by atoms with van der Waals surface area (Å²) >= 11 is 5.95. The first-order chi connectivity index (χ1) is 9.08. The molecule has 0 saturated heterocycles. The highest BCUT2D eigenvalue weighted by atomic mass is 35.5. The molecule has 0 unspecified atom stereocenters. The van der Waals surface area contributed by atoms with E-state index in [0.29, 0.717) is 10.6 Å². The maximum atomic E-state index is 13.6. The number of hydrogen-bond donors (Lipinski definition) is 0. The average Bonchev–Trinajstić information content (AvgIpc) is 2.38. The third kappa shape index (κ3) is 3.32. The average molecular weight is 277 g/mol. The Morgan fingerprint density at radius 2 is 1.95 bits per heavy atom. The van der Waals surface area contributed by atoms with Gasteiger partial charge < -0.3 is 4.90 Å². The molecule has 0 aliphatic rings. The SMILES string of the molecule is CN(C)c1ccc(/C=C/c2c(F)cccc2Cl)cn1. The van der Waals surface area contributed by atoms with Crippen molar-refractivity contribution in [2.45, 2.75) is 0 Å². The lowest BCUT2D eigenvalue weighted by molar-refractivity contribution is 0.625. The molecule has 1 heterocycles. The minimum Gasteiger partial charge on any atom is -0.363 e. The Bertz CT molecular complexity index is 571. The van der Waals surface area contributed by atoms with Crippen LogP contribution in [0.2, 0.25) is 5.02 Å². The molecule has 0 amide bonds. The molecular formula is C15H14ClFN2. The first-order valence-corrected chi connectivity index (χ1v) is 6.21. The second kappa shape index (κ2) is 5.85. The van der Waals surface area contributed by atoms with Crippen molar-refractivity contribution in [1.82, 2.24) is 4.98 Å². The Kier molecular flexibility index (Phi) is 4.17. The summed E-state index contributed by atoms with van der Waals surface area (Å²) in [6.07, 6.45) is 5.18. The largest absolute Gasteiger partial charge is 0.363 e. The number of pyridine rings is 1. The van der Waals surface area contributed by atoms with E-state index in [2.05, 4.69) is 4.98 Å². The Labute approximate surface area is 117 Å². The lowest BCUT2D eigenvalue weighted by Crippen LogP contribution is -2.09. The fourth-order valence-electron chi connectivity index (χ4n) is 1.61.